The monoisotopic (exact) mass is 412 g/mol. The van der Waals surface area contributed by atoms with Crippen molar-refractivity contribution < 1.29 is 19.1 Å². The maximum absolute atomic E-state index is 12.2. The quantitative estimate of drug-likeness (QED) is 0.510. The molecule has 2 rings (SSSR count). The van der Waals surface area contributed by atoms with Gasteiger partial charge in [0.1, 0.15) is 0 Å². The molecule has 0 heterocycles. The summed E-state index contributed by atoms with van der Waals surface area (Å²) >= 11 is 0. The van der Waals surface area contributed by atoms with Crippen LogP contribution in [0.3, 0.4) is 0 Å². The molecule has 2 amide bonds. The fourth-order valence-electron chi connectivity index (χ4n) is 2.77. The summed E-state index contributed by atoms with van der Waals surface area (Å²) < 4.78 is 5.00. The molecule has 8 nitrogen and oxygen atoms in total. The Balaban J connectivity index is 1.82. The van der Waals surface area contributed by atoms with Crippen LogP contribution in [-0.4, -0.2) is 51.6 Å². The Kier molecular flexibility index (Phi) is 8.22. The molecule has 160 valence electrons. The highest BCUT2D eigenvalue weighted by Gasteiger charge is 2.13. The number of hydrogen-bond acceptors (Lipinski definition) is 6. The first-order valence-electron chi connectivity index (χ1n) is 9.74. The number of hydrogen-bond donors (Lipinski definition) is 2. The third-order valence-corrected chi connectivity index (χ3v) is 4.51. The lowest BCUT2D eigenvalue weighted by molar-refractivity contribution is -0.125. The molecule has 0 aliphatic carbocycles. The Bertz CT molecular complexity index is 877. The molecule has 2 N–H and O–H groups in total. The van der Waals surface area contributed by atoms with Crippen LogP contribution in [-0.2, 0) is 9.53 Å². The third kappa shape index (κ3) is 6.23. The average molecular weight is 412 g/mol. The Morgan fingerprint density at radius 2 is 1.53 bits per heavy atom. The molecule has 2 aromatic rings. The van der Waals surface area contributed by atoms with Crippen molar-refractivity contribution in [2.24, 2.45) is 0 Å². The van der Waals surface area contributed by atoms with Gasteiger partial charge in [-0.3, -0.25) is 20.4 Å². The van der Waals surface area contributed by atoms with Crippen LogP contribution in [0.5, 0.6) is 0 Å². The van der Waals surface area contributed by atoms with E-state index >= 15 is 0 Å². The van der Waals surface area contributed by atoms with Crippen LogP contribution >= 0.6 is 0 Å². The molecule has 0 fully saturated rings. The SMILES string of the molecule is CCN(CC)c1ccc(C(=O)NNC(=O)COC(=O)c2cccc(N(C)C)c2)cc1. The van der Waals surface area contributed by atoms with Gasteiger partial charge in [-0.2, -0.15) is 0 Å². The smallest absolute Gasteiger partial charge is 0.338 e. The standard InChI is InChI=1S/C22H28N4O4/c1-5-26(6-2)18-12-10-16(11-13-18)21(28)24-23-20(27)15-30-22(29)17-8-7-9-19(14-17)25(3)4/h7-14H,5-6,15H2,1-4H3,(H,23,27)(H,24,28). The van der Waals surface area contributed by atoms with Crippen molar-refractivity contribution in [3.8, 4) is 0 Å². The molecule has 0 saturated carbocycles. The lowest BCUT2D eigenvalue weighted by atomic mass is 10.2. The van der Waals surface area contributed by atoms with Gasteiger partial charge in [-0.15, -0.1) is 0 Å². The van der Waals surface area contributed by atoms with Crippen molar-refractivity contribution in [2.75, 3.05) is 43.6 Å². The molecule has 0 spiro atoms. The highest BCUT2D eigenvalue weighted by Crippen LogP contribution is 2.15. The predicted molar refractivity (Wildman–Crippen MR) is 117 cm³/mol. The molecule has 2 aromatic carbocycles. The Hall–Kier alpha value is -3.55. The van der Waals surface area contributed by atoms with Gasteiger partial charge < -0.3 is 14.5 Å². The van der Waals surface area contributed by atoms with Gasteiger partial charge in [-0.1, -0.05) is 6.07 Å². The Labute approximate surface area is 176 Å². The summed E-state index contributed by atoms with van der Waals surface area (Å²) in [5, 5.41) is 0. The van der Waals surface area contributed by atoms with Crippen molar-refractivity contribution >= 4 is 29.2 Å². The topological polar surface area (TPSA) is 91.0 Å². The van der Waals surface area contributed by atoms with Gasteiger partial charge in [0.15, 0.2) is 6.61 Å². The minimum absolute atomic E-state index is 0.339. The zero-order valence-electron chi connectivity index (χ0n) is 17.8. The molecule has 8 heteroatoms. The lowest BCUT2D eigenvalue weighted by Gasteiger charge is -2.21. The lowest BCUT2D eigenvalue weighted by Crippen LogP contribution is -2.43. The second-order valence-electron chi connectivity index (χ2n) is 6.74. The third-order valence-electron chi connectivity index (χ3n) is 4.51. The van der Waals surface area contributed by atoms with Gasteiger partial charge in [0.05, 0.1) is 5.56 Å². The van der Waals surface area contributed by atoms with Crippen LogP contribution < -0.4 is 20.7 Å². The largest absolute Gasteiger partial charge is 0.452 e. The molecular formula is C22H28N4O4. The predicted octanol–water partition coefficient (Wildman–Crippen LogP) is 2.22. The molecule has 0 unspecified atom stereocenters. The van der Waals surface area contributed by atoms with Gasteiger partial charge in [0.2, 0.25) is 0 Å². The van der Waals surface area contributed by atoms with Crippen molar-refractivity contribution in [2.45, 2.75) is 13.8 Å². The van der Waals surface area contributed by atoms with Crippen LogP contribution in [0.15, 0.2) is 48.5 Å². The van der Waals surface area contributed by atoms with E-state index in [1.165, 1.54) is 0 Å². The number of anilines is 2. The van der Waals surface area contributed by atoms with Crippen LogP contribution in [0.4, 0.5) is 11.4 Å². The van der Waals surface area contributed by atoms with E-state index in [1.54, 1.807) is 30.3 Å². The Morgan fingerprint density at radius 1 is 0.867 bits per heavy atom. The zero-order chi connectivity index (χ0) is 22.1. The van der Waals surface area contributed by atoms with Crippen LogP contribution in [0, 0.1) is 0 Å². The highest BCUT2D eigenvalue weighted by molar-refractivity contribution is 5.96. The maximum atomic E-state index is 12.2. The molecule has 0 aliphatic heterocycles. The number of esters is 1. The van der Waals surface area contributed by atoms with E-state index in [9.17, 15) is 14.4 Å². The molecular weight excluding hydrogens is 384 g/mol. The summed E-state index contributed by atoms with van der Waals surface area (Å²) in [4.78, 5) is 40.2. The van der Waals surface area contributed by atoms with Gasteiger partial charge in [-0.25, -0.2) is 4.79 Å². The van der Waals surface area contributed by atoms with Gasteiger partial charge >= 0.3 is 5.97 Å². The molecule has 0 radical (unpaired) electrons. The van der Waals surface area contributed by atoms with Crippen LogP contribution in [0.2, 0.25) is 0 Å². The van der Waals surface area contributed by atoms with E-state index in [2.05, 4.69) is 29.6 Å². The van der Waals surface area contributed by atoms with E-state index < -0.39 is 24.4 Å². The van der Waals surface area contributed by atoms with E-state index in [1.807, 2.05) is 37.2 Å². The molecule has 0 atom stereocenters. The molecule has 0 saturated heterocycles. The summed E-state index contributed by atoms with van der Waals surface area (Å²) in [6.07, 6.45) is 0. The minimum Gasteiger partial charge on any atom is -0.452 e. The number of amides is 2. The number of benzene rings is 2. The number of hydrazine groups is 1. The number of carbonyl (C=O) groups excluding carboxylic acids is 3. The summed E-state index contributed by atoms with van der Waals surface area (Å²) in [6.45, 7) is 5.36. The van der Waals surface area contributed by atoms with Gasteiger partial charge in [0.25, 0.3) is 11.8 Å². The fraction of sp³-hybridized carbons (Fsp3) is 0.318. The van der Waals surface area contributed by atoms with Crippen LogP contribution in [0.25, 0.3) is 0 Å². The summed E-state index contributed by atoms with van der Waals surface area (Å²) in [5.74, 6) is -1.72. The molecule has 0 aliphatic rings. The van der Waals surface area contributed by atoms with Crippen molar-refractivity contribution in [1.29, 1.82) is 0 Å². The first-order valence-corrected chi connectivity index (χ1v) is 9.74. The molecule has 30 heavy (non-hydrogen) atoms. The van der Waals surface area contributed by atoms with E-state index in [4.69, 9.17) is 4.74 Å². The Morgan fingerprint density at radius 3 is 2.13 bits per heavy atom. The van der Waals surface area contributed by atoms with E-state index in [0.717, 1.165) is 24.5 Å². The number of ether oxygens (including phenoxy) is 1. The second-order valence-corrected chi connectivity index (χ2v) is 6.74. The van der Waals surface area contributed by atoms with Crippen molar-refractivity contribution in [3.63, 3.8) is 0 Å². The number of nitrogens with one attached hydrogen (secondary N) is 2. The highest BCUT2D eigenvalue weighted by atomic mass is 16.5. The first kappa shape index (κ1) is 22.7. The maximum Gasteiger partial charge on any atom is 0.338 e. The number of nitrogens with zero attached hydrogens (tertiary/aromatic N) is 2. The van der Waals surface area contributed by atoms with Crippen molar-refractivity contribution in [1.82, 2.24) is 10.9 Å². The normalized spacial score (nSPS) is 10.1. The van der Waals surface area contributed by atoms with Gasteiger partial charge in [0, 0.05) is 44.1 Å². The number of rotatable bonds is 8. The second kappa shape index (κ2) is 10.8. The number of carbonyl (C=O) groups is 3. The summed E-state index contributed by atoms with van der Waals surface area (Å²) in [7, 11) is 3.72. The average Bonchev–Trinajstić information content (AvgIpc) is 2.77. The molecule has 0 aromatic heterocycles. The van der Waals surface area contributed by atoms with E-state index in [-0.39, 0.29) is 0 Å². The summed E-state index contributed by atoms with van der Waals surface area (Å²) in [5.41, 5.74) is 7.16. The fourth-order valence-corrected chi connectivity index (χ4v) is 2.77. The zero-order valence-corrected chi connectivity index (χ0v) is 17.8. The van der Waals surface area contributed by atoms with Crippen LogP contribution in [0.1, 0.15) is 34.6 Å². The molecule has 0 bridgehead atoms. The van der Waals surface area contributed by atoms with Crippen molar-refractivity contribution in [3.05, 3.63) is 59.7 Å². The minimum atomic E-state index is -0.639. The summed E-state index contributed by atoms with van der Waals surface area (Å²) in [6, 6.07) is 14.0. The first-order chi connectivity index (χ1) is 14.3. The van der Waals surface area contributed by atoms with Gasteiger partial charge in [-0.05, 0) is 56.3 Å². The van der Waals surface area contributed by atoms with E-state index in [0.29, 0.717) is 11.1 Å².